The molecule has 0 amide bonds. The molecular weight excluding hydrogens is 162 g/mol. The molecule has 0 aromatic carbocycles. The summed E-state index contributed by atoms with van der Waals surface area (Å²) in [7, 11) is -3.59. The normalized spacial score (nSPS) is 11.3. The zero-order chi connectivity index (χ0) is 8.20. The molecule has 0 aromatic rings. The molecule has 0 spiro atoms. The first kappa shape index (κ1) is 9.34. The summed E-state index contributed by atoms with van der Waals surface area (Å²) >= 11 is 0. The summed E-state index contributed by atoms with van der Waals surface area (Å²) in [6.45, 7) is -0.549. The highest BCUT2D eigenvalue weighted by molar-refractivity contribution is 7.85. The van der Waals surface area contributed by atoms with Gasteiger partial charge in [-0.25, -0.2) is 0 Å². The Morgan fingerprint density at radius 1 is 1.70 bits per heavy atom. The number of rotatable bonds is 4. The molecule has 10 heavy (non-hydrogen) atoms. The molecule has 0 heterocycles. The lowest BCUT2D eigenvalue weighted by atomic mass is 10.7. The molecule has 0 bridgehead atoms. The Morgan fingerprint density at radius 2 is 2.20 bits per heavy atom. The van der Waals surface area contributed by atoms with E-state index in [2.05, 4.69) is 4.28 Å². The van der Waals surface area contributed by atoms with E-state index in [1.54, 1.807) is 5.48 Å². The number of carboxylic acid groups (broad SMARTS) is 1. The molecule has 60 valence electrons. The van der Waals surface area contributed by atoms with Crippen molar-refractivity contribution in [3.05, 3.63) is 0 Å². The molecule has 0 saturated carbocycles. The van der Waals surface area contributed by atoms with Gasteiger partial charge in [-0.1, -0.05) is 0 Å². The lowest BCUT2D eigenvalue weighted by Gasteiger charge is -1.97. The maximum atomic E-state index is 10.1. The summed E-state index contributed by atoms with van der Waals surface area (Å²) in [5.74, 6) is -1.19. The van der Waals surface area contributed by atoms with Gasteiger partial charge >= 0.3 is 5.97 Å². The Morgan fingerprint density at radius 3 is 2.50 bits per heavy atom. The largest absolute Gasteiger partial charge is 0.480 e. The van der Waals surface area contributed by atoms with Crippen LogP contribution < -0.4 is 5.48 Å². The average molecular weight is 169 g/mol. The zero-order valence-electron chi connectivity index (χ0n) is 5.20. The van der Waals surface area contributed by atoms with Gasteiger partial charge in [-0.2, -0.15) is 18.2 Å². The Balaban J connectivity index is 3.49. The first-order valence-electron chi connectivity index (χ1n) is 2.25. The fourth-order valence-corrected chi connectivity index (χ4v) is 0.471. The van der Waals surface area contributed by atoms with E-state index in [0.717, 1.165) is 6.26 Å². The van der Waals surface area contributed by atoms with Crippen molar-refractivity contribution in [2.75, 3.05) is 12.8 Å². The fourth-order valence-electron chi connectivity index (χ4n) is 0.198. The van der Waals surface area contributed by atoms with Crippen molar-refractivity contribution < 1.29 is 22.6 Å². The van der Waals surface area contributed by atoms with Crippen molar-refractivity contribution in [1.82, 2.24) is 5.48 Å². The van der Waals surface area contributed by atoms with Gasteiger partial charge in [0.05, 0.1) is 6.26 Å². The highest BCUT2D eigenvalue weighted by Crippen LogP contribution is 1.78. The van der Waals surface area contributed by atoms with Crippen LogP contribution in [0, 0.1) is 0 Å². The van der Waals surface area contributed by atoms with Crippen LogP contribution in [0.4, 0.5) is 0 Å². The second kappa shape index (κ2) is 3.49. The Labute approximate surface area is 57.9 Å². The van der Waals surface area contributed by atoms with Crippen LogP contribution in [-0.2, 0) is 19.2 Å². The van der Waals surface area contributed by atoms with E-state index >= 15 is 0 Å². The molecule has 2 N–H and O–H groups in total. The lowest BCUT2D eigenvalue weighted by molar-refractivity contribution is -0.137. The first-order chi connectivity index (χ1) is 4.42. The number of hydrogen-bond donors (Lipinski definition) is 2. The van der Waals surface area contributed by atoms with Gasteiger partial charge in [0.2, 0.25) is 0 Å². The lowest BCUT2D eigenvalue weighted by Crippen LogP contribution is -2.25. The van der Waals surface area contributed by atoms with Crippen molar-refractivity contribution in [3.8, 4) is 0 Å². The van der Waals surface area contributed by atoms with Crippen LogP contribution in [0.5, 0.6) is 0 Å². The molecular formula is C3H7NO5S. The van der Waals surface area contributed by atoms with E-state index in [0.29, 0.717) is 0 Å². The molecule has 6 nitrogen and oxygen atoms in total. The van der Waals surface area contributed by atoms with Gasteiger partial charge in [-0.05, 0) is 0 Å². The standard InChI is InChI=1S/C3H7NO5S/c1-10(7,8)9-4-2-3(5)6/h4H,2H2,1H3,(H,5,6). The highest BCUT2D eigenvalue weighted by Gasteiger charge is 2.02. The van der Waals surface area contributed by atoms with Crippen molar-refractivity contribution in [1.29, 1.82) is 0 Å². The van der Waals surface area contributed by atoms with Crippen molar-refractivity contribution in [2.24, 2.45) is 0 Å². The van der Waals surface area contributed by atoms with Crippen LogP contribution in [0.1, 0.15) is 0 Å². The van der Waals surface area contributed by atoms with Gasteiger partial charge in [0, 0.05) is 0 Å². The smallest absolute Gasteiger partial charge is 0.319 e. The molecule has 0 unspecified atom stereocenters. The van der Waals surface area contributed by atoms with Crippen LogP contribution in [0.3, 0.4) is 0 Å². The Bertz CT molecular complexity index is 207. The number of carbonyl (C=O) groups is 1. The molecule has 0 aromatic heterocycles. The molecule has 0 fully saturated rings. The van der Waals surface area contributed by atoms with Gasteiger partial charge in [0.15, 0.2) is 0 Å². The van der Waals surface area contributed by atoms with Crippen LogP contribution in [-0.4, -0.2) is 32.3 Å². The molecule has 0 radical (unpaired) electrons. The topological polar surface area (TPSA) is 92.7 Å². The summed E-state index contributed by atoms with van der Waals surface area (Å²) in [6.07, 6.45) is 0.807. The van der Waals surface area contributed by atoms with Gasteiger partial charge in [-0.3, -0.25) is 4.79 Å². The third kappa shape index (κ3) is 7.34. The molecule has 0 aliphatic rings. The van der Waals surface area contributed by atoms with E-state index in [1.165, 1.54) is 0 Å². The van der Waals surface area contributed by atoms with Crippen LogP contribution in [0.15, 0.2) is 0 Å². The van der Waals surface area contributed by atoms with Crippen LogP contribution in [0.2, 0.25) is 0 Å². The Hall–Kier alpha value is -0.660. The number of hydrogen-bond acceptors (Lipinski definition) is 5. The maximum Gasteiger partial charge on any atom is 0.319 e. The van der Waals surface area contributed by atoms with Gasteiger partial charge < -0.3 is 5.11 Å². The summed E-state index contributed by atoms with van der Waals surface area (Å²) in [4.78, 5) is 9.75. The van der Waals surface area contributed by atoms with Crippen molar-refractivity contribution in [3.63, 3.8) is 0 Å². The van der Waals surface area contributed by atoms with Crippen molar-refractivity contribution >= 4 is 16.1 Å². The molecule has 0 rings (SSSR count). The minimum Gasteiger partial charge on any atom is -0.480 e. The highest BCUT2D eigenvalue weighted by atomic mass is 32.2. The molecule has 0 aliphatic carbocycles. The van der Waals surface area contributed by atoms with E-state index in [1.807, 2.05) is 0 Å². The minimum atomic E-state index is -3.59. The molecule has 0 aliphatic heterocycles. The SMILES string of the molecule is CS(=O)(=O)ONCC(=O)O. The number of carboxylic acids is 1. The van der Waals surface area contributed by atoms with Gasteiger partial charge in [0.25, 0.3) is 10.1 Å². The van der Waals surface area contributed by atoms with E-state index in [9.17, 15) is 13.2 Å². The number of nitrogens with one attached hydrogen (secondary N) is 1. The summed E-state index contributed by atoms with van der Waals surface area (Å²) in [5, 5.41) is 7.97. The van der Waals surface area contributed by atoms with E-state index < -0.39 is 22.6 Å². The average Bonchev–Trinajstić information content (AvgIpc) is 1.59. The number of hydroxylamine groups is 1. The predicted molar refractivity (Wildman–Crippen MR) is 31.6 cm³/mol. The fraction of sp³-hybridized carbons (Fsp3) is 0.667. The monoisotopic (exact) mass is 169 g/mol. The van der Waals surface area contributed by atoms with Crippen molar-refractivity contribution in [2.45, 2.75) is 0 Å². The summed E-state index contributed by atoms with van der Waals surface area (Å²) < 4.78 is 24.2. The zero-order valence-corrected chi connectivity index (χ0v) is 6.01. The quantitative estimate of drug-likeness (QED) is 0.500. The van der Waals surface area contributed by atoms with Gasteiger partial charge in [-0.15, -0.1) is 0 Å². The second-order valence-electron chi connectivity index (χ2n) is 1.50. The summed E-state index contributed by atoms with van der Waals surface area (Å²) in [6, 6.07) is 0. The maximum absolute atomic E-state index is 10.1. The third-order valence-electron chi connectivity index (χ3n) is 0.434. The Kier molecular flexibility index (Phi) is 3.26. The number of aliphatic carboxylic acids is 1. The summed E-state index contributed by atoms with van der Waals surface area (Å²) in [5.41, 5.74) is 1.74. The van der Waals surface area contributed by atoms with Crippen LogP contribution in [0.25, 0.3) is 0 Å². The predicted octanol–water partition coefficient (Wildman–Crippen LogP) is -1.45. The molecule has 0 atom stereocenters. The second-order valence-corrected chi connectivity index (χ2v) is 3.08. The van der Waals surface area contributed by atoms with Gasteiger partial charge in [0.1, 0.15) is 6.54 Å². The minimum absolute atomic E-state index is 0.549. The molecule has 0 saturated heterocycles. The van der Waals surface area contributed by atoms with Crippen LogP contribution >= 0.6 is 0 Å². The molecule has 7 heteroatoms. The third-order valence-corrected chi connectivity index (χ3v) is 0.854. The van der Waals surface area contributed by atoms with E-state index in [4.69, 9.17) is 5.11 Å². The van der Waals surface area contributed by atoms with E-state index in [-0.39, 0.29) is 0 Å². The first-order valence-corrected chi connectivity index (χ1v) is 4.06.